The normalized spacial score (nSPS) is 20.9. The van der Waals surface area contributed by atoms with E-state index in [2.05, 4.69) is 27.8 Å². The highest BCUT2D eigenvalue weighted by atomic mass is 16.6. The van der Waals surface area contributed by atoms with E-state index in [0.29, 0.717) is 18.9 Å². The molecule has 0 saturated carbocycles. The first-order valence-corrected chi connectivity index (χ1v) is 8.87. The molecule has 1 aromatic heterocycles. The number of aliphatic carboxylic acids is 1. The molecule has 1 atom stereocenters. The van der Waals surface area contributed by atoms with Crippen LogP contribution in [-0.2, 0) is 22.6 Å². The fourth-order valence-electron chi connectivity index (χ4n) is 2.87. The van der Waals surface area contributed by atoms with Crippen molar-refractivity contribution in [3.05, 3.63) is 5.82 Å². The molecule has 0 aromatic carbocycles. The number of nitrogens with zero attached hydrogens (tertiary/aromatic N) is 5. The molecule has 26 heavy (non-hydrogen) atoms. The zero-order valence-electron chi connectivity index (χ0n) is 15.9. The van der Waals surface area contributed by atoms with Crippen LogP contribution in [0.25, 0.3) is 0 Å². The predicted molar refractivity (Wildman–Crippen MR) is 92.4 cm³/mol. The monoisotopic (exact) mass is 368 g/mol. The molecule has 2 N–H and O–H groups in total. The van der Waals surface area contributed by atoms with Crippen LogP contribution in [0.5, 0.6) is 0 Å². The number of likely N-dealkylation sites (tertiary alicyclic amines) is 1. The van der Waals surface area contributed by atoms with Gasteiger partial charge in [-0.2, -0.15) is 0 Å². The number of nitrogens with one attached hydrogen (secondary N) is 1. The summed E-state index contributed by atoms with van der Waals surface area (Å²) in [6, 6.07) is 0. The van der Waals surface area contributed by atoms with Gasteiger partial charge in [0.2, 0.25) is 0 Å². The molecule has 1 unspecified atom stereocenters. The molecule has 1 aliphatic heterocycles. The maximum Gasteiger partial charge on any atom is 0.408 e. The van der Waals surface area contributed by atoms with Crippen LogP contribution in [-0.4, -0.2) is 66.5 Å². The lowest BCUT2D eigenvalue weighted by Gasteiger charge is -2.28. The largest absolute Gasteiger partial charge is 0.479 e. The molecule has 0 bridgehead atoms. The lowest BCUT2D eigenvalue weighted by atomic mass is 9.99. The minimum absolute atomic E-state index is 0.169. The standard InChI is InChI=1S/C16H28N6O4/c1-5-6-8-22-12(18-19-20-22)10-21-9-7-16(11-21,13(23)24)17-14(25)26-15(2,3)4/h5-11H2,1-4H3,(H,17,25)(H,23,24). The second kappa shape index (κ2) is 7.98. The Bertz CT molecular complexity index is 641. The summed E-state index contributed by atoms with van der Waals surface area (Å²) in [5.41, 5.74) is -2.06. The van der Waals surface area contributed by atoms with Gasteiger partial charge in [-0.25, -0.2) is 14.3 Å². The second-order valence-electron chi connectivity index (χ2n) is 7.65. The van der Waals surface area contributed by atoms with Crippen molar-refractivity contribution < 1.29 is 19.4 Å². The Balaban J connectivity index is 2.02. The number of tetrazole rings is 1. The van der Waals surface area contributed by atoms with E-state index in [0.717, 1.165) is 19.4 Å². The quantitative estimate of drug-likeness (QED) is 0.731. The molecule has 2 heterocycles. The zero-order chi connectivity index (χ0) is 19.4. The van der Waals surface area contributed by atoms with E-state index in [1.807, 2.05) is 4.90 Å². The lowest BCUT2D eigenvalue weighted by molar-refractivity contribution is -0.144. The van der Waals surface area contributed by atoms with Gasteiger partial charge in [0.1, 0.15) is 5.60 Å². The number of carboxylic acids is 1. The molecule has 0 spiro atoms. The molecule has 0 radical (unpaired) electrons. The Labute approximate surface area is 152 Å². The summed E-state index contributed by atoms with van der Waals surface area (Å²) in [7, 11) is 0. The molecule has 0 aliphatic carbocycles. The molecule has 1 amide bonds. The van der Waals surface area contributed by atoms with Crippen molar-refractivity contribution in [1.82, 2.24) is 30.4 Å². The van der Waals surface area contributed by atoms with Gasteiger partial charge in [-0.1, -0.05) is 13.3 Å². The van der Waals surface area contributed by atoms with Gasteiger partial charge in [0.15, 0.2) is 11.4 Å². The average Bonchev–Trinajstić information content (AvgIpc) is 3.11. The fourth-order valence-corrected chi connectivity index (χ4v) is 2.87. The number of rotatable bonds is 7. The highest BCUT2D eigenvalue weighted by Crippen LogP contribution is 2.24. The minimum Gasteiger partial charge on any atom is -0.479 e. The Hall–Kier alpha value is -2.23. The number of carbonyl (C=O) groups excluding carboxylic acids is 1. The number of hydrogen-bond donors (Lipinski definition) is 2. The van der Waals surface area contributed by atoms with Crippen LogP contribution < -0.4 is 5.32 Å². The van der Waals surface area contributed by atoms with Crippen LogP contribution in [0.1, 0.15) is 52.8 Å². The maximum atomic E-state index is 12.1. The number of ether oxygens (including phenoxy) is 1. The Morgan fingerprint density at radius 1 is 1.38 bits per heavy atom. The van der Waals surface area contributed by atoms with Gasteiger partial charge >= 0.3 is 12.1 Å². The molecule has 146 valence electrons. The summed E-state index contributed by atoms with van der Waals surface area (Å²) < 4.78 is 6.95. The molecule has 1 fully saturated rings. The first kappa shape index (κ1) is 20.1. The van der Waals surface area contributed by atoms with Crippen molar-refractivity contribution in [3.63, 3.8) is 0 Å². The third kappa shape index (κ3) is 5.13. The van der Waals surface area contributed by atoms with Crippen molar-refractivity contribution in [3.8, 4) is 0 Å². The summed E-state index contributed by atoms with van der Waals surface area (Å²) in [6.45, 7) is 9.14. The summed E-state index contributed by atoms with van der Waals surface area (Å²) in [5.74, 6) is -0.381. The van der Waals surface area contributed by atoms with Crippen molar-refractivity contribution in [1.29, 1.82) is 0 Å². The number of carboxylic acid groups (broad SMARTS) is 1. The van der Waals surface area contributed by atoms with Crippen LogP contribution in [0.2, 0.25) is 0 Å². The predicted octanol–water partition coefficient (Wildman–Crippen LogP) is 1.03. The van der Waals surface area contributed by atoms with Crippen LogP contribution in [0.4, 0.5) is 4.79 Å². The van der Waals surface area contributed by atoms with Crippen molar-refractivity contribution in [2.45, 2.75) is 71.2 Å². The third-order valence-corrected chi connectivity index (χ3v) is 4.19. The number of carbonyl (C=O) groups is 2. The van der Waals surface area contributed by atoms with E-state index in [4.69, 9.17) is 4.74 Å². The van der Waals surface area contributed by atoms with Crippen molar-refractivity contribution in [2.75, 3.05) is 13.1 Å². The SMILES string of the molecule is CCCCn1nnnc1CN1CCC(NC(=O)OC(C)(C)C)(C(=O)O)C1. The van der Waals surface area contributed by atoms with Gasteiger partial charge in [0.25, 0.3) is 0 Å². The number of unbranched alkanes of at least 4 members (excludes halogenated alkanes) is 1. The van der Waals surface area contributed by atoms with E-state index < -0.39 is 23.2 Å². The van der Waals surface area contributed by atoms with Crippen LogP contribution in [0.3, 0.4) is 0 Å². The topological polar surface area (TPSA) is 122 Å². The summed E-state index contributed by atoms with van der Waals surface area (Å²) in [6.07, 6.45) is 1.56. The average molecular weight is 368 g/mol. The zero-order valence-corrected chi connectivity index (χ0v) is 15.9. The van der Waals surface area contributed by atoms with E-state index in [9.17, 15) is 14.7 Å². The van der Waals surface area contributed by atoms with Gasteiger partial charge in [-0.05, 0) is 44.0 Å². The first-order chi connectivity index (χ1) is 12.1. The molecular weight excluding hydrogens is 340 g/mol. The molecule has 10 heteroatoms. The third-order valence-electron chi connectivity index (χ3n) is 4.19. The first-order valence-electron chi connectivity index (χ1n) is 8.87. The molecule has 10 nitrogen and oxygen atoms in total. The Morgan fingerprint density at radius 2 is 2.12 bits per heavy atom. The minimum atomic E-state index is -1.37. The maximum absolute atomic E-state index is 12.1. The fraction of sp³-hybridized carbons (Fsp3) is 0.812. The van der Waals surface area contributed by atoms with Gasteiger partial charge in [0, 0.05) is 19.6 Å². The molecule has 2 rings (SSSR count). The highest BCUT2D eigenvalue weighted by Gasteiger charge is 2.47. The van der Waals surface area contributed by atoms with Gasteiger partial charge < -0.3 is 15.2 Å². The van der Waals surface area contributed by atoms with Crippen molar-refractivity contribution >= 4 is 12.1 Å². The smallest absolute Gasteiger partial charge is 0.408 e. The molecule has 1 aliphatic rings. The summed E-state index contributed by atoms with van der Waals surface area (Å²) in [4.78, 5) is 25.8. The molecule has 1 saturated heterocycles. The van der Waals surface area contributed by atoms with Gasteiger partial charge in [0.05, 0.1) is 6.54 Å². The number of aryl methyl sites for hydroxylation is 1. The molecular formula is C16H28N6O4. The highest BCUT2D eigenvalue weighted by molar-refractivity contribution is 5.85. The summed E-state index contributed by atoms with van der Waals surface area (Å²) in [5, 5.41) is 24.0. The van der Waals surface area contributed by atoms with Crippen LogP contribution >= 0.6 is 0 Å². The van der Waals surface area contributed by atoms with Gasteiger partial charge in [-0.3, -0.25) is 4.90 Å². The van der Waals surface area contributed by atoms with Crippen molar-refractivity contribution in [2.24, 2.45) is 0 Å². The Kier molecular flexibility index (Phi) is 6.17. The van der Waals surface area contributed by atoms with E-state index in [1.54, 1.807) is 25.5 Å². The van der Waals surface area contributed by atoms with E-state index in [1.165, 1.54) is 0 Å². The Morgan fingerprint density at radius 3 is 2.73 bits per heavy atom. The lowest BCUT2D eigenvalue weighted by Crippen LogP contribution is -2.57. The van der Waals surface area contributed by atoms with Gasteiger partial charge in [-0.15, -0.1) is 5.10 Å². The number of alkyl carbamates (subject to hydrolysis) is 1. The second-order valence-corrected chi connectivity index (χ2v) is 7.65. The van der Waals surface area contributed by atoms with Crippen LogP contribution in [0.15, 0.2) is 0 Å². The van der Waals surface area contributed by atoms with Crippen LogP contribution in [0, 0.1) is 0 Å². The number of hydrogen-bond acceptors (Lipinski definition) is 7. The number of aromatic nitrogens is 4. The van der Waals surface area contributed by atoms with E-state index >= 15 is 0 Å². The molecule has 1 aromatic rings. The number of amides is 1. The van der Waals surface area contributed by atoms with E-state index in [-0.39, 0.29) is 13.0 Å². The summed E-state index contributed by atoms with van der Waals surface area (Å²) >= 11 is 0.